The van der Waals surface area contributed by atoms with Crippen molar-refractivity contribution in [1.29, 1.82) is 0 Å². The van der Waals surface area contributed by atoms with Crippen molar-refractivity contribution in [3.05, 3.63) is 29.3 Å². The molecule has 0 fully saturated rings. The van der Waals surface area contributed by atoms with Crippen LogP contribution in [0.15, 0.2) is 18.2 Å². The lowest BCUT2D eigenvalue weighted by Crippen LogP contribution is -2.20. The van der Waals surface area contributed by atoms with Gasteiger partial charge in [-0.3, -0.25) is 0 Å². The molecule has 2 heteroatoms. The fourth-order valence-corrected chi connectivity index (χ4v) is 1.57. The molecule has 0 heterocycles. The minimum absolute atomic E-state index is 0.0947. The van der Waals surface area contributed by atoms with E-state index in [1.54, 1.807) is 7.11 Å². The lowest BCUT2D eigenvalue weighted by Gasteiger charge is -2.22. The standard InChI is InChI=1S/C13H20O2/c1-10-5-6-11(12(7-10)15-4)8-13(2,3)9-14/h5-7,14H,8-9H2,1-4H3. The maximum absolute atomic E-state index is 9.23. The quantitative estimate of drug-likeness (QED) is 0.824. The SMILES string of the molecule is COc1cc(C)ccc1CC(C)(C)CO. The van der Waals surface area contributed by atoms with Gasteiger partial charge in [0.25, 0.3) is 0 Å². The number of aryl methyl sites for hydroxylation is 1. The summed E-state index contributed by atoms with van der Waals surface area (Å²) in [5.74, 6) is 0.913. The number of ether oxygens (including phenoxy) is 1. The molecule has 0 bridgehead atoms. The van der Waals surface area contributed by atoms with Crippen molar-refractivity contribution in [2.75, 3.05) is 13.7 Å². The molecule has 0 unspecified atom stereocenters. The lowest BCUT2D eigenvalue weighted by molar-refractivity contribution is 0.159. The monoisotopic (exact) mass is 208 g/mol. The zero-order chi connectivity index (χ0) is 11.5. The molecule has 0 amide bonds. The van der Waals surface area contributed by atoms with Gasteiger partial charge in [0.2, 0.25) is 0 Å². The van der Waals surface area contributed by atoms with Crippen molar-refractivity contribution in [2.45, 2.75) is 27.2 Å². The first-order chi connectivity index (χ1) is 6.98. The van der Waals surface area contributed by atoms with E-state index in [-0.39, 0.29) is 12.0 Å². The third-order valence-electron chi connectivity index (χ3n) is 2.54. The van der Waals surface area contributed by atoms with Crippen molar-refractivity contribution < 1.29 is 9.84 Å². The van der Waals surface area contributed by atoms with Gasteiger partial charge in [-0.15, -0.1) is 0 Å². The van der Waals surface area contributed by atoms with Crippen LogP contribution < -0.4 is 4.74 Å². The van der Waals surface area contributed by atoms with Gasteiger partial charge in [-0.1, -0.05) is 26.0 Å². The van der Waals surface area contributed by atoms with Crippen LogP contribution in [0.5, 0.6) is 5.75 Å². The largest absolute Gasteiger partial charge is 0.496 e. The number of hydrogen-bond acceptors (Lipinski definition) is 2. The predicted molar refractivity (Wildman–Crippen MR) is 62.3 cm³/mol. The Bertz CT molecular complexity index is 329. The van der Waals surface area contributed by atoms with E-state index >= 15 is 0 Å². The number of benzene rings is 1. The van der Waals surface area contributed by atoms with E-state index < -0.39 is 0 Å². The fraction of sp³-hybridized carbons (Fsp3) is 0.538. The summed E-state index contributed by atoms with van der Waals surface area (Å²) in [4.78, 5) is 0. The van der Waals surface area contributed by atoms with Gasteiger partial charge in [0.15, 0.2) is 0 Å². The summed E-state index contributed by atoms with van der Waals surface area (Å²) in [6.45, 7) is 6.33. The average Bonchev–Trinajstić information content (AvgIpc) is 2.20. The minimum Gasteiger partial charge on any atom is -0.496 e. The molecule has 0 aliphatic carbocycles. The first-order valence-electron chi connectivity index (χ1n) is 5.23. The Labute approximate surface area is 91.9 Å². The smallest absolute Gasteiger partial charge is 0.122 e. The Kier molecular flexibility index (Phi) is 3.75. The number of aliphatic hydroxyl groups is 1. The van der Waals surface area contributed by atoms with E-state index in [1.165, 1.54) is 5.56 Å². The Balaban J connectivity index is 2.94. The molecule has 2 nitrogen and oxygen atoms in total. The van der Waals surface area contributed by atoms with Crippen molar-refractivity contribution in [1.82, 2.24) is 0 Å². The molecule has 0 saturated heterocycles. The number of methoxy groups -OCH3 is 1. The fourth-order valence-electron chi connectivity index (χ4n) is 1.57. The van der Waals surface area contributed by atoms with E-state index in [0.717, 1.165) is 17.7 Å². The zero-order valence-electron chi connectivity index (χ0n) is 10.0. The highest BCUT2D eigenvalue weighted by Gasteiger charge is 2.19. The maximum atomic E-state index is 9.23. The Morgan fingerprint density at radius 1 is 1.33 bits per heavy atom. The lowest BCUT2D eigenvalue weighted by atomic mass is 9.86. The van der Waals surface area contributed by atoms with Gasteiger partial charge in [-0.2, -0.15) is 0 Å². The van der Waals surface area contributed by atoms with E-state index in [9.17, 15) is 5.11 Å². The third kappa shape index (κ3) is 3.24. The van der Waals surface area contributed by atoms with Crippen molar-refractivity contribution in [3.8, 4) is 5.75 Å². The summed E-state index contributed by atoms with van der Waals surface area (Å²) in [5.41, 5.74) is 2.25. The van der Waals surface area contributed by atoms with Gasteiger partial charge in [-0.25, -0.2) is 0 Å². The molecular formula is C13H20O2. The van der Waals surface area contributed by atoms with Gasteiger partial charge in [-0.05, 0) is 36.0 Å². The summed E-state index contributed by atoms with van der Waals surface area (Å²) >= 11 is 0. The molecule has 0 aromatic heterocycles. The summed E-state index contributed by atoms with van der Waals surface area (Å²) in [7, 11) is 1.68. The highest BCUT2D eigenvalue weighted by Crippen LogP contribution is 2.28. The molecule has 0 aliphatic rings. The van der Waals surface area contributed by atoms with Gasteiger partial charge in [0.1, 0.15) is 5.75 Å². The third-order valence-corrected chi connectivity index (χ3v) is 2.54. The molecule has 0 saturated carbocycles. The molecule has 1 aromatic carbocycles. The van der Waals surface area contributed by atoms with Crippen LogP contribution >= 0.6 is 0 Å². The molecule has 0 aliphatic heterocycles. The first-order valence-corrected chi connectivity index (χ1v) is 5.23. The molecular weight excluding hydrogens is 188 g/mol. The molecule has 0 spiro atoms. The van der Waals surface area contributed by atoms with E-state index in [0.29, 0.717) is 0 Å². The van der Waals surface area contributed by atoms with Crippen LogP contribution in [0, 0.1) is 12.3 Å². The Hall–Kier alpha value is -1.02. The van der Waals surface area contributed by atoms with E-state index in [1.807, 2.05) is 26.8 Å². The maximum Gasteiger partial charge on any atom is 0.122 e. The Morgan fingerprint density at radius 2 is 2.00 bits per heavy atom. The van der Waals surface area contributed by atoms with Crippen molar-refractivity contribution in [3.63, 3.8) is 0 Å². The van der Waals surface area contributed by atoms with Crippen LogP contribution in [0.2, 0.25) is 0 Å². The van der Waals surface area contributed by atoms with Crippen molar-refractivity contribution >= 4 is 0 Å². The molecule has 1 rings (SSSR count). The zero-order valence-corrected chi connectivity index (χ0v) is 10.0. The van der Waals surface area contributed by atoms with E-state index in [2.05, 4.69) is 12.1 Å². The summed E-state index contributed by atoms with van der Waals surface area (Å²) < 4.78 is 5.33. The van der Waals surface area contributed by atoms with Crippen molar-refractivity contribution in [2.24, 2.45) is 5.41 Å². The first kappa shape index (κ1) is 12.1. The predicted octanol–water partition coefficient (Wildman–Crippen LogP) is 2.56. The van der Waals surface area contributed by atoms with Crippen LogP contribution in [0.1, 0.15) is 25.0 Å². The Morgan fingerprint density at radius 3 is 2.53 bits per heavy atom. The van der Waals surface area contributed by atoms with Gasteiger partial charge < -0.3 is 9.84 Å². The van der Waals surface area contributed by atoms with Crippen LogP contribution in [0.25, 0.3) is 0 Å². The average molecular weight is 208 g/mol. The van der Waals surface area contributed by atoms with Gasteiger partial charge >= 0.3 is 0 Å². The summed E-state index contributed by atoms with van der Waals surface area (Å²) in [5, 5.41) is 9.23. The number of rotatable bonds is 4. The van der Waals surface area contributed by atoms with Crippen LogP contribution in [0.4, 0.5) is 0 Å². The number of aliphatic hydroxyl groups excluding tert-OH is 1. The topological polar surface area (TPSA) is 29.5 Å². The molecule has 15 heavy (non-hydrogen) atoms. The molecule has 84 valence electrons. The van der Waals surface area contributed by atoms with Crippen LogP contribution in [-0.4, -0.2) is 18.8 Å². The highest BCUT2D eigenvalue weighted by atomic mass is 16.5. The normalized spacial score (nSPS) is 11.5. The number of hydrogen-bond donors (Lipinski definition) is 1. The van der Waals surface area contributed by atoms with E-state index in [4.69, 9.17) is 4.74 Å². The second kappa shape index (κ2) is 4.67. The molecule has 1 N–H and O–H groups in total. The second-order valence-corrected chi connectivity index (χ2v) is 4.81. The second-order valence-electron chi connectivity index (χ2n) is 4.81. The molecule has 0 radical (unpaired) electrons. The highest BCUT2D eigenvalue weighted by molar-refractivity contribution is 5.37. The molecule has 1 aromatic rings. The van der Waals surface area contributed by atoms with Crippen LogP contribution in [0.3, 0.4) is 0 Å². The van der Waals surface area contributed by atoms with Gasteiger partial charge in [0.05, 0.1) is 7.11 Å². The van der Waals surface area contributed by atoms with Crippen LogP contribution in [-0.2, 0) is 6.42 Å². The summed E-state index contributed by atoms with van der Waals surface area (Å²) in [6, 6.07) is 6.18. The summed E-state index contributed by atoms with van der Waals surface area (Å²) in [6.07, 6.45) is 0.826. The minimum atomic E-state index is -0.0947. The van der Waals surface area contributed by atoms with Gasteiger partial charge in [0, 0.05) is 6.61 Å². The molecule has 0 atom stereocenters.